The van der Waals surface area contributed by atoms with Crippen LogP contribution in [0.15, 0.2) is 5.18 Å². The van der Waals surface area contributed by atoms with Gasteiger partial charge in [-0.15, -0.1) is 0 Å². The van der Waals surface area contributed by atoms with Crippen molar-refractivity contribution in [3.05, 3.63) is 4.91 Å². The number of hydrogen-bond donors (Lipinski definition) is 0. The smallest absolute Gasteiger partial charge is 0.0839 e. The Labute approximate surface area is 150 Å². The predicted octanol–water partition coefficient (Wildman–Crippen LogP) is 7.51. The molecule has 0 radical (unpaired) electrons. The van der Waals surface area contributed by atoms with E-state index in [-0.39, 0.29) is 0 Å². The Kier molecular flexibility index (Phi) is 9.99. The van der Waals surface area contributed by atoms with Gasteiger partial charge in [0, 0.05) is 0 Å². The van der Waals surface area contributed by atoms with E-state index in [9.17, 15) is 4.91 Å². The molecule has 2 heteroatoms. The van der Waals surface area contributed by atoms with Gasteiger partial charge in [0.15, 0.2) is 0 Å². The van der Waals surface area contributed by atoms with E-state index < -0.39 is 0 Å². The number of nitroso groups, excluding NO2 is 1. The van der Waals surface area contributed by atoms with Crippen LogP contribution in [0, 0.1) is 28.6 Å². The quantitative estimate of drug-likeness (QED) is 0.478. The van der Waals surface area contributed by atoms with E-state index in [0.29, 0.717) is 12.5 Å². The lowest BCUT2D eigenvalue weighted by Crippen LogP contribution is -2.14. The van der Waals surface area contributed by atoms with Gasteiger partial charge in [0.05, 0.1) is 6.54 Å². The zero-order valence-electron chi connectivity index (χ0n) is 16.2. The summed E-state index contributed by atoms with van der Waals surface area (Å²) in [4.78, 5) is 10.7. The standard InChI is InChI=1S/C22H41NO/c1-2-3-7-19-8-4-5-9-20-10-6-11-22(18-23-24)17-16-21(14-12-19)15-13-20/h19-22H,2-18H2,1H3. The Hall–Kier alpha value is -0.400. The van der Waals surface area contributed by atoms with Gasteiger partial charge in [-0.3, -0.25) is 0 Å². The molecular formula is C22H41NO. The molecule has 2 aliphatic rings. The molecule has 0 saturated heterocycles. The zero-order chi connectivity index (χ0) is 17.0. The molecule has 0 aromatic rings. The fourth-order valence-electron chi connectivity index (χ4n) is 5.20. The lowest BCUT2D eigenvalue weighted by atomic mass is 9.80. The van der Waals surface area contributed by atoms with Gasteiger partial charge in [0.25, 0.3) is 0 Å². The van der Waals surface area contributed by atoms with Gasteiger partial charge < -0.3 is 0 Å². The Morgan fingerprint density at radius 3 is 2.04 bits per heavy atom. The summed E-state index contributed by atoms with van der Waals surface area (Å²) < 4.78 is 0. The van der Waals surface area contributed by atoms with Crippen LogP contribution in [0.1, 0.15) is 110 Å². The van der Waals surface area contributed by atoms with Crippen molar-refractivity contribution in [2.45, 2.75) is 110 Å². The second-order valence-corrected chi connectivity index (χ2v) is 8.87. The molecule has 0 N–H and O–H groups in total. The highest BCUT2D eigenvalue weighted by Gasteiger charge is 2.22. The van der Waals surface area contributed by atoms with E-state index in [4.69, 9.17) is 0 Å². The summed E-state index contributed by atoms with van der Waals surface area (Å²) >= 11 is 0. The van der Waals surface area contributed by atoms with Crippen molar-refractivity contribution in [3.8, 4) is 0 Å². The number of rotatable bonds is 5. The summed E-state index contributed by atoms with van der Waals surface area (Å²) in [6.07, 6.45) is 22.5. The molecule has 2 saturated carbocycles. The molecule has 2 rings (SSSR count). The maximum Gasteiger partial charge on any atom is 0.0839 e. The van der Waals surface area contributed by atoms with Crippen molar-refractivity contribution >= 4 is 0 Å². The number of nitrogens with zero attached hydrogens (tertiary/aromatic N) is 1. The van der Waals surface area contributed by atoms with Crippen LogP contribution in [0.3, 0.4) is 0 Å². The Morgan fingerprint density at radius 2 is 1.29 bits per heavy atom. The predicted molar refractivity (Wildman–Crippen MR) is 104 cm³/mol. The third kappa shape index (κ3) is 7.66. The first-order chi connectivity index (χ1) is 11.8. The molecule has 4 unspecified atom stereocenters. The van der Waals surface area contributed by atoms with Crippen LogP contribution in [0.25, 0.3) is 0 Å². The first-order valence-corrected chi connectivity index (χ1v) is 11.1. The van der Waals surface area contributed by atoms with Crippen molar-refractivity contribution in [2.24, 2.45) is 28.8 Å². The van der Waals surface area contributed by atoms with Gasteiger partial charge >= 0.3 is 0 Å². The molecular weight excluding hydrogens is 294 g/mol. The lowest BCUT2D eigenvalue weighted by Gasteiger charge is -2.26. The van der Waals surface area contributed by atoms with E-state index in [0.717, 1.165) is 17.8 Å². The van der Waals surface area contributed by atoms with Crippen molar-refractivity contribution in [1.29, 1.82) is 0 Å². The van der Waals surface area contributed by atoms with Crippen LogP contribution >= 0.6 is 0 Å². The number of fused-ring (bicyclic) bond motifs is 3. The zero-order valence-corrected chi connectivity index (χ0v) is 16.2. The van der Waals surface area contributed by atoms with Crippen LogP contribution in [-0.4, -0.2) is 6.54 Å². The molecule has 24 heavy (non-hydrogen) atoms. The van der Waals surface area contributed by atoms with Crippen LogP contribution < -0.4 is 0 Å². The molecule has 0 aromatic carbocycles. The fourth-order valence-corrected chi connectivity index (χ4v) is 5.20. The summed E-state index contributed by atoms with van der Waals surface area (Å²) in [7, 11) is 0. The fraction of sp³-hybridized carbons (Fsp3) is 1.00. The molecule has 2 bridgehead atoms. The largest absolute Gasteiger partial charge is 0.151 e. The first-order valence-electron chi connectivity index (χ1n) is 11.1. The summed E-state index contributed by atoms with van der Waals surface area (Å²) in [5, 5.41) is 3.23. The Balaban J connectivity index is 1.95. The molecule has 4 atom stereocenters. The maximum atomic E-state index is 10.7. The highest BCUT2D eigenvalue weighted by Crippen LogP contribution is 2.35. The summed E-state index contributed by atoms with van der Waals surface area (Å²) in [6, 6.07) is 0. The number of unbranched alkanes of at least 4 members (excludes halogenated alkanes) is 1. The molecule has 2 aliphatic carbocycles. The third-order valence-corrected chi connectivity index (χ3v) is 6.95. The van der Waals surface area contributed by atoms with Gasteiger partial charge in [-0.25, -0.2) is 0 Å². The second-order valence-electron chi connectivity index (χ2n) is 8.87. The topological polar surface area (TPSA) is 29.4 Å². The van der Waals surface area contributed by atoms with E-state index in [1.165, 1.54) is 103 Å². The van der Waals surface area contributed by atoms with Crippen molar-refractivity contribution < 1.29 is 0 Å². The molecule has 2 nitrogen and oxygen atoms in total. The maximum absolute atomic E-state index is 10.7. The van der Waals surface area contributed by atoms with E-state index in [1.54, 1.807) is 0 Å². The highest BCUT2D eigenvalue weighted by molar-refractivity contribution is 4.75. The summed E-state index contributed by atoms with van der Waals surface area (Å²) in [5.74, 6) is 3.44. The van der Waals surface area contributed by atoms with Gasteiger partial charge in [0.2, 0.25) is 0 Å². The van der Waals surface area contributed by atoms with E-state index in [2.05, 4.69) is 12.1 Å². The van der Waals surface area contributed by atoms with Gasteiger partial charge in [-0.05, 0) is 36.5 Å². The minimum atomic E-state index is 0.566. The Morgan fingerprint density at radius 1 is 0.708 bits per heavy atom. The molecule has 0 amide bonds. The van der Waals surface area contributed by atoms with Crippen LogP contribution in [-0.2, 0) is 0 Å². The Bertz CT molecular complexity index is 330. The van der Waals surface area contributed by atoms with Gasteiger partial charge in [-0.2, -0.15) is 4.91 Å². The van der Waals surface area contributed by atoms with Crippen LogP contribution in [0.5, 0.6) is 0 Å². The second kappa shape index (κ2) is 12.0. The van der Waals surface area contributed by atoms with Gasteiger partial charge in [-0.1, -0.05) is 102 Å². The first kappa shape index (κ1) is 19.9. The minimum absolute atomic E-state index is 0.566. The molecule has 0 aromatic heterocycles. The SMILES string of the molecule is CCCCC1CCCCC2CCCC(CN=O)CCC(CC1)CC2. The van der Waals surface area contributed by atoms with Crippen LogP contribution in [0.2, 0.25) is 0 Å². The summed E-state index contributed by atoms with van der Waals surface area (Å²) in [6.45, 7) is 2.89. The molecule has 0 heterocycles. The van der Waals surface area contributed by atoms with Crippen molar-refractivity contribution in [3.63, 3.8) is 0 Å². The monoisotopic (exact) mass is 335 g/mol. The highest BCUT2D eigenvalue weighted by atomic mass is 16.3. The molecule has 0 aliphatic heterocycles. The lowest BCUT2D eigenvalue weighted by molar-refractivity contribution is 0.267. The average Bonchev–Trinajstić information content (AvgIpc) is 2.64. The molecule has 0 spiro atoms. The van der Waals surface area contributed by atoms with Crippen LogP contribution in [0.4, 0.5) is 0 Å². The average molecular weight is 336 g/mol. The summed E-state index contributed by atoms with van der Waals surface area (Å²) in [5.41, 5.74) is 0. The molecule has 140 valence electrons. The minimum Gasteiger partial charge on any atom is -0.151 e. The van der Waals surface area contributed by atoms with E-state index in [1.807, 2.05) is 0 Å². The third-order valence-electron chi connectivity index (χ3n) is 6.95. The van der Waals surface area contributed by atoms with E-state index >= 15 is 0 Å². The normalized spacial score (nSPS) is 33.5. The molecule has 2 fully saturated rings. The van der Waals surface area contributed by atoms with Crippen molar-refractivity contribution in [1.82, 2.24) is 0 Å². The van der Waals surface area contributed by atoms with Gasteiger partial charge in [0.1, 0.15) is 0 Å². The van der Waals surface area contributed by atoms with Crippen molar-refractivity contribution in [2.75, 3.05) is 6.54 Å². The number of hydrogen-bond acceptors (Lipinski definition) is 2.